The Morgan fingerprint density at radius 1 is 1.62 bits per heavy atom. The second kappa shape index (κ2) is 4.30. The van der Waals surface area contributed by atoms with Crippen LogP contribution in [0.15, 0.2) is 6.20 Å². The van der Waals surface area contributed by atoms with Gasteiger partial charge in [-0.2, -0.15) is 5.26 Å². The highest BCUT2D eigenvalue weighted by Crippen LogP contribution is 2.08. The van der Waals surface area contributed by atoms with Crippen LogP contribution in [0.25, 0.3) is 0 Å². The molecule has 0 aliphatic rings. The summed E-state index contributed by atoms with van der Waals surface area (Å²) in [6.45, 7) is 0. The van der Waals surface area contributed by atoms with E-state index in [1.54, 1.807) is 0 Å². The first-order chi connectivity index (χ1) is 6.24. The number of aromatic nitrogens is 2. The second-order valence-electron chi connectivity index (χ2n) is 2.06. The fourth-order valence-corrected chi connectivity index (χ4v) is 0.784. The Bertz CT molecular complexity index is 410. The number of hydrogen-bond donors (Lipinski definition) is 1. The lowest BCUT2D eigenvalue weighted by Crippen LogP contribution is -1.97. The molecule has 1 aromatic heterocycles. The minimum Gasteiger partial charge on any atom is -0.381 e. The number of halogens is 1. The summed E-state index contributed by atoms with van der Waals surface area (Å²) in [6, 6.07) is 1.88. The third-order valence-corrected chi connectivity index (χ3v) is 1.33. The summed E-state index contributed by atoms with van der Waals surface area (Å²) in [5, 5.41) is 8.44. The Kier molecular flexibility index (Phi) is 3.08. The van der Waals surface area contributed by atoms with E-state index in [4.69, 9.17) is 22.6 Å². The summed E-state index contributed by atoms with van der Waals surface area (Å²) >= 11 is 5.52. The zero-order valence-corrected chi connectivity index (χ0v) is 7.34. The first kappa shape index (κ1) is 9.31. The Hall–Kier alpha value is -1.78. The SMILES string of the molecule is N#CCC#Cc1ncc(Cl)nc1N. The van der Waals surface area contributed by atoms with Gasteiger partial charge >= 0.3 is 0 Å². The number of rotatable bonds is 0. The molecule has 2 N–H and O–H groups in total. The second-order valence-corrected chi connectivity index (χ2v) is 2.45. The summed E-state index contributed by atoms with van der Waals surface area (Å²) in [5.41, 5.74) is 5.81. The standard InChI is InChI=1S/C8H5ClN4/c9-7-5-12-6(8(11)13-7)3-1-2-4-10/h5H,2H2,(H2,11,13). The van der Waals surface area contributed by atoms with Gasteiger partial charge in [0.1, 0.15) is 5.15 Å². The molecule has 0 aromatic carbocycles. The molecule has 0 atom stereocenters. The van der Waals surface area contributed by atoms with Gasteiger partial charge in [0.15, 0.2) is 11.5 Å². The fourth-order valence-electron chi connectivity index (χ4n) is 0.645. The molecule has 0 amide bonds. The van der Waals surface area contributed by atoms with E-state index in [2.05, 4.69) is 21.8 Å². The van der Waals surface area contributed by atoms with Crippen molar-refractivity contribution in [1.82, 2.24) is 9.97 Å². The molecule has 0 saturated carbocycles. The van der Waals surface area contributed by atoms with Crippen LogP contribution in [0.5, 0.6) is 0 Å². The van der Waals surface area contributed by atoms with Crippen molar-refractivity contribution in [2.45, 2.75) is 6.42 Å². The van der Waals surface area contributed by atoms with Gasteiger partial charge in [-0.25, -0.2) is 9.97 Å². The zero-order valence-electron chi connectivity index (χ0n) is 6.58. The van der Waals surface area contributed by atoms with E-state index < -0.39 is 0 Å². The normalized spacial score (nSPS) is 8.31. The highest BCUT2D eigenvalue weighted by atomic mass is 35.5. The lowest BCUT2D eigenvalue weighted by Gasteiger charge is -1.94. The van der Waals surface area contributed by atoms with E-state index in [0.29, 0.717) is 5.69 Å². The van der Waals surface area contributed by atoms with Crippen molar-refractivity contribution in [3.8, 4) is 17.9 Å². The van der Waals surface area contributed by atoms with E-state index in [9.17, 15) is 0 Å². The molecule has 13 heavy (non-hydrogen) atoms. The number of nitrogen functional groups attached to an aromatic ring is 1. The maximum Gasteiger partial charge on any atom is 0.159 e. The fraction of sp³-hybridized carbons (Fsp3) is 0.125. The Morgan fingerprint density at radius 3 is 3.00 bits per heavy atom. The Labute approximate surface area is 80.4 Å². The molecule has 1 aromatic rings. The van der Waals surface area contributed by atoms with Crippen LogP contribution in [-0.4, -0.2) is 9.97 Å². The molecule has 0 radical (unpaired) electrons. The van der Waals surface area contributed by atoms with E-state index in [0.717, 1.165) is 0 Å². The van der Waals surface area contributed by atoms with Crippen molar-refractivity contribution in [3.05, 3.63) is 17.0 Å². The third-order valence-electron chi connectivity index (χ3n) is 1.14. The molecule has 0 aliphatic heterocycles. The molecule has 0 bridgehead atoms. The highest BCUT2D eigenvalue weighted by Gasteiger charge is 1.98. The summed E-state index contributed by atoms with van der Waals surface area (Å²) in [6.07, 6.45) is 1.50. The monoisotopic (exact) mass is 192 g/mol. The molecule has 0 unspecified atom stereocenters. The average Bonchev–Trinajstić information content (AvgIpc) is 2.09. The summed E-state index contributed by atoms with van der Waals surface area (Å²) < 4.78 is 0. The van der Waals surface area contributed by atoms with Gasteiger partial charge in [-0.15, -0.1) is 0 Å². The van der Waals surface area contributed by atoms with Crippen molar-refractivity contribution in [2.75, 3.05) is 5.73 Å². The lowest BCUT2D eigenvalue weighted by atomic mass is 10.4. The topological polar surface area (TPSA) is 75.6 Å². The minimum atomic E-state index is 0.143. The van der Waals surface area contributed by atoms with Gasteiger partial charge in [-0.3, -0.25) is 0 Å². The van der Waals surface area contributed by atoms with E-state index in [1.165, 1.54) is 6.20 Å². The van der Waals surface area contributed by atoms with Crippen molar-refractivity contribution >= 4 is 17.4 Å². The van der Waals surface area contributed by atoms with Crippen molar-refractivity contribution in [3.63, 3.8) is 0 Å². The maximum atomic E-state index is 8.22. The van der Waals surface area contributed by atoms with Gasteiger partial charge in [0.05, 0.1) is 18.7 Å². The van der Waals surface area contributed by atoms with Gasteiger partial charge in [0.2, 0.25) is 0 Å². The molecule has 0 fully saturated rings. The van der Waals surface area contributed by atoms with Crippen LogP contribution in [0, 0.1) is 23.2 Å². The van der Waals surface area contributed by atoms with Gasteiger partial charge in [-0.05, 0) is 5.92 Å². The first-order valence-electron chi connectivity index (χ1n) is 3.38. The van der Waals surface area contributed by atoms with Gasteiger partial charge in [0.25, 0.3) is 0 Å². The van der Waals surface area contributed by atoms with Gasteiger partial charge < -0.3 is 5.73 Å². The summed E-state index contributed by atoms with van der Waals surface area (Å²) in [4.78, 5) is 7.59. The molecule has 0 aliphatic carbocycles. The smallest absolute Gasteiger partial charge is 0.159 e. The van der Waals surface area contributed by atoms with Crippen LogP contribution in [0.1, 0.15) is 12.1 Å². The Balaban J connectivity index is 2.93. The third kappa shape index (κ3) is 2.62. The lowest BCUT2D eigenvalue weighted by molar-refractivity contribution is 1.18. The first-order valence-corrected chi connectivity index (χ1v) is 3.75. The van der Waals surface area contributed by atoms with Crippen molar-refractivity contribution < 1.29 is 0 Å². The van der Waals surface area contributed by atoms with Crippen LogP contribution in [0.4, 0.5) is 5.82 Å². The molecule has 4 nitrogen and oxygen atoms in total. The van der Waals surface area contributed by atoms with Crippen molar-refractivity contribution in [1.29, 1.82) is 5.26 Å². The molecule has 0 spiro atoms. The van der Waals surface area contributed by atoms with E-state index in [1.807, 2.05) is 6.07 Å². The molecule has 0 saturated heterocycles. The van der Waals surface area contributed by atoms with Crippen LogP contribution >= 0.6 is 11.6 Å². The minimum absolute atomic E-state index is 0.143. The number of hydrogen-bond acceptors (Lipinski definition) is 4. The van der Waals surface area contributed by atoms with E-state index >= 15 is 0 Å². The van der Waals surface area contributed by atoms with E-state index in [-0.39, 0.29) is 17.4 Å². The predicted octanol–water partition coefficient (Wildman–Crippen LogP) is 0.977. The number of nitrogens with two attached hydrogens (primary N) is 1. The van der Waals surface area contributed by atoms with Crippen LogP contribution in [0.2, 0.25) is 5.15 Å². The number of nitriles is 1. The highest BCUT2D eigenvalue weighted by molar-refractivity contribution is 6.29. The molecule has 1 rings (SSSR count). The van der Waals surface area contributed by atoms with Crippen LogP contribution in [0.3, 0.4) is 0 Å². The molecular formula is C8H5ClN4. The predicted molar refractivity (Wildman–Crippen MR) is 48.6 cm³/mol. The maximum absolute atomic E-state index is 8.22. The largest absolute Gasteiger partial charge is 0.381 e. The number of nitrogens with zero attached hydrogens (tertiary/aromatic N) is 3. The average molecular weight is 193 g/mol. The molecule has 5 heteroatoms. The Morgan fingerprint density at radius 2 is 2.38 bits per heavy atom. The van der Waals surface area contributed by atoms with Crippen molar-refractivity contribution in [2.24, 2.45) is 0 Å². The zero-order chi connectivity index (χ0) is 9.68. The van der Waals surface area contributed by atoms with Gasteiger partial charge in [0, 0.05) is 0 Å². The summed E-state index contributed by atoms with van der Waals surface area (Å²) in [5.74, 6) is 5.36. The van der Waals surface area contributed by atoms with Crippen LogP contribution < -0.4 is 5.73 Å². The molecular weight excluding hydrogens is 188 g/mol. The quantitative estimate of drug-likeness (QED) is 0.622. The molecule has 64 valence electrons. The number of anilines is 1. The van der Waals surface area contributed by atoms with Crippen LogP contribution in [-0.2, 0) is 0 Å². The summed E-state index contributed by atoms with van der Waals surface area (Å²) in [7, 11) is 0. The van der Waals surface area contributed by atoms with Gasteiger partial charge in [-0.1, -0.05) is 17.5 Å². The molecule has 1 heterocycles.